The number of pyridine rings is 1. The fourth-order valence-electron chi connectivity index (χ4n) is 2.11. The zero-order valence-electron chi connectivity index (χ0n) is 12.3. The first-order chi connectivity index (χ1) is 10.0. The van der Waals surface area contributed by atoms with Gasteiger partial charge >= 0.3 is 0 Å². The zero-order chi connectivity index (χ0) is 15.4. The van der Waals surface area contributed by atoms with E-state index in [1.165, 1.54) is 0 Å². The van der Waals surface area contributed by atoms with E-state index < -0.39 is 0 Å². The molecule has 0 spiro atoms. The molecule has 0 aliphatic carbocycles. The molecule has 0 saturated heterocycles. The molecule has 2 N–H and O–H groups in total. The molecule has 110 valence electrons. The van der Waals surface area contributed by atoms with Crippen molar-refractivity contribution in [2.45, 2.75) is 20.8 Å². The predicted molar refractivity (Wildman–Crippen MR) is 90.0 cm³/mol. The third-order valence-corrected chi connectivity index (χ3v) is 3.68. The number of anilines is 2. The average Bonchev–Trinajstić information content (AvgIpc) is 2.43. The molecule has 1 aromatic carbocycles. The Morgan fingerprint density at radius 3 is 2.71 bits per heavy atom. The Balaban J connectivity index is 2.24. The van der Waals surface area contributed by atoms with E-state index >= 15 is 0 Å². The van der Waals surface area contributed by atoms with Gasteiger partial charge in [-0.25, -0.2) is 4.98 Å². The van der Waals surface area contributed by atoms with Crippen LogP contribution in [0, 0.1) is 13.8 Å². The summed E-state index contributed by atoms with van der Waals surface area (Å²) in [6.45, 7) is 6.75. The van der Waals surface area contributed by atoms with Gasteiger partial charge in [0.1, 0.15) is 5.82 Å². The van der Waals surface area contributed by atoms with Crippen molar-refractivity contribution in [3.63, 3.8) is 0 Å². The van der Waals surface area contributed by atoms with Gasteiger partial charge in [-0.3, -0.25) is 4.79 Å². The number of hydrogen-bond acceptors (Lipinski definition) is 3. The number of amides is 1. The van der Waals surface area contributed by atoms with Crippen LogP contribution < -0.4 is 10.6 Å². The third kappa shape index (κ3) is 3.82. The summed E-state index contributed by atoms with van der Waals surface area (Å²) in [5.74, 6) is 0.550. The Kier molecular flexibility index (Phi) is 4.96. The molecular formula is C16H18BrN3O. The lowest BCUT2D eigenvalue weighted by Gasteiger charge is -2.12. The second-order valence-corrected chi connectivity index (χ2v) is 5.71. The number of halogens is 1. The first-order valence-electron chi connectivity index (χ1n) is 6.79. The van der Waals surface area contributed by atoms with Gasteiger partial charge in [0.15, 0.2) is 0 Å². The maximum absolute atomic E-state index is 12.4. The average molecular weight is 348 g/mol. The Morgan fingerprint density at radius 1 is 1.29 bits per heavy atom. The normalized spacial score (nSPS) is 10.3. The molecular weight excluding hydrogens is 330 g/mol. The van der Waals surface area contributed by atoms with E-state index in [4.69, 9.17) is 0 Å². The highest BCUT2D eigenvalue weighted by molar-refractivity contribution is 9.10. The number of aromatic nitrogens is 1. The van der Waals surface area contributed by atoms with Gasteiger partial charge in [-0.15, -0.1) is 0 Å². The van der Waals surface area contributed by atoms with Crippen LogP contribution in [-0.2, 0) is 0 Å². The van der Waals surface area contributed by atoms with Crippen LogP contribution in [0.25, 0.3) is 0 Å². The molecule has 5 heteroatoms. The zero-order valence-corrected chi connectivity index (χ0v) is 13.9. The molecule has 4 nitrogen and oxygen atoms in total. The largest absolute Gasteiger partial charge is 0.370 e. The summed E-state index contributed by atoms with van der Waals surface area (Å²) in [7, 11) is 0. The Labute approximate surface area is 133 Å². The summed E-state index contributed by atoms with van der Waals surface area (Å²) >= 11 is 3.50. The van der Waals surface area contributed by atoms with Crippen molar-refractivity contribution in [2.24, 2.45) is 0 Å². The van der Waals surface area contributed by atoms with E-state index in [2.05, 4.69) is 31.5 Å². The first-order valence-corrected chi connectivity index (χ1v) is 7.58. The lowest BCUT2D eigenvalue weighted by atomic mass is 10.1. The van der Waals surface area contributed by atoms with Gasteiger partial charge in [0, 0.05) is 22.8 Å². The van der Waals surface area contributed by atoms with E-state index in [9.17, 15) is 4.79 Å². The summed E-state index contributed by atoms with van der Waals surface area (Å²) in [6, 6.07) is 7.47. The summed E-state index contributed by atoms with van der Waals surface area (Å²) in [5, 5.41) is 6.05. The predicted octanol–water partition coefficient (Wildman–Crippen LogP) is 4.15. The molecule has 2 aromatic rings. The molecule has 21 heavy (non-hydrogen) atoms. The van der Waals surface area contributed by atoms with Gasteiger partial charge in [0.05, 0.1) is 5.69 Å². The van der Waals surface area contributed by atoms with Crippen LogP contribution in [0.5, 0.6) is 0 Å². The molecule has 1 heterocycles. The van der Waals surface area contributed by atoms with Gasteiger partial charge in [-0.2, -0.15) is 0 Å². The molecule has 0 fully saturated rings. The lowest BCUT2D eigenvalue weighted by molar-refractivity contribution is 0.102. The number of carbonyl (C=O) groups is 1. The molecule has 2 rings (SSSR count). The third-order valence-electron chi connectivity index (χ3n) is 3.05. The maximum atomic E-state index is 12.4. The van der Waals surface area contributed by atoms with Crippen LogP contribution in [0.3, 0.4) is 0 Å². The van der Waals surface area contributed by atoms with Crippen molar-refractivity contribution in [1.29, 1.82) is 0 Å². The topological polar surface area (TPSA) is 54.0 Å². The number of aryl methyl sites for hydroxylation is 2. The summed E-state index contributed by atoms with van der Waals surface area (Å²) in [4.78, 5) is 16.5. The van der Waals surface area contributed by atoms with Crippen LogP contribution in [0.15, 0.2) is 34.9 Å². The molecule has 0 aliphatic rings. The number of nitrogens with zero attached hydrogens (tertiary/aromatic N) is 1. The van der Waals surface area contributed by atoms with Gasteiger partial charge in [0.25, 0.3) is 5.91 Å². The highest BCUT2D eigenvalue weighted by Gasteiger charge is 2.11. The monoisotopic (exact) mass is 347 g/mol. The second-order valence-electron chi connectivity index (χ2n) is 4.85. The molecule has 0 radical (unpaired) electrons. The van der Waals surface area contributed by atoms with E-state index in [1.807, 2.05) is 32.9 Å². The van der Waals surface area contributed by atoms with E-state index in [0.29, 0.717) is 11.4 Å². The standard InChI is InChI=1S/C16H18BrN3O/c1-4-18-14-9-12(5-6-19-14)16(21)20-15-11(3)7-10(2)8-13(15)17/h5-9H,4H2,1-3H3,(H,18,19)(H,20,21). The van der Waals surface area contributed by atoms with Gasteiger partial charge < -0.3 is 10.6 Å². The fourth-order valence-corrected chi connectivity index (χ4v) is 2.88. The van der Waals surface area contributed by atoms with E-state index in [-0.39, 0.29) is 5.91 Å². The molecule has 1 amide bonds. The van der Waals surface area contributed by atoms with Crippen LogP contribution in [0.2, 0.25) is 0 Å². The summed E-state index contributed by atoms with van der Waals surface area (Å²) < 4.78 is 0.884. The van der Waals surface area contributed by atoms with Gasteiger partial charge in [-0.1, -0.05) is 6.07 Å². The fraction of sp³-hybridized carbons (Fsp3) is 0.250. The Bertz CT molecular complexity index is 647. The van der Waals surface area contributed by atoms with Gasteiger partial charge in [0.2, 0.25) is 0 Å². The molecule has 0 aliphatic heterocycles. The highest BCUT2D eigenvalue weighted by atomic mass is 79.9. The van der Waals surface area contributed by atoms with Crippen molar-refractivity contribution >= 4 is 33.3 Å². The van der Waals surface area contributed by atoms with Crippen molar-refractivity contribution in [3.05, 3.63) is 51.6 Å². The van der Waals surface area contributed by atoms with Crippen LogP contribution >= 0.6 is 15.9 Å². The summed E-state index contributed by atoms with van der Waals surface area (Å²) in [5.41, 5.74) is 3.55. The Morgan fingerprint density at radius 2 is 2.05 bits per heavy atom. The van der Waals surface area contributed by atoms with Crippen molar-refractivity contribution < 1.29 is 4.79 Å². The number of benzene rings is 1. The lowest BCUT2D eigenvalue weighted by Crippen LogP contribution is -2.14. The molecule has 1 aromatic heterocycles. The van der Waals surface area contributed by atoms with Crippen LogP contribution in [-0.4, -0.2) is 17.4 Å². The second kappa shape index (κ2) is 6.72. The number of hydrogen-bond donors (Lipinski definition) is 2. The maximum Gasteiger partial charge on any atom is 0.255 e. The van der Waals surface area contributed by atoms with Gasteiger partial charge in [-0.05, 0) is 66.0 Å². The van der Waals surface area contributed by atoms with Crippen molar-refractivity contribution in [1.82, 2.24) is 4.98 Å². The minimum absolute atomic E-state index is 0.149. The van der Waals surface area contributed by atoms with E-state index in [1.54, 1.807) is 18.3 Å². The number of nitrogens with one attached hydrogen (secondary N) is 2. The molecule has 0 bridgehead atoms. The quantitative estimate of drug-likeness (QED) is 0.873. The minimum atomic E-state index is -0.149. The van der Waals surface area contributed by atoms with E-state index in [0.717, 1.165) is 27.8 Å². The first kappa shape index (κ1) is 15.5. The SMILES string of the molecule is CCNc1cc(C(=O)Nc2c(C)cc(C)cc2Br)ccn1. The summed E-state index contributed by atoms with van der Waals surface area (Å²) in [6.07, 6.45) is 1.63. The highest BCUT2D eigenvalue weighted by Crippen LogP contribution is 2.28. The van der Waals surface area contributed by atoms with Crippen molar-refractivity contribution in [2.75, 3.05) is 17.2 Å². The van der Waals surface area contributed by atoms with Crippen LogP contribution in [0.1, 0.15) is 28.4 Å². The Hall–Kier alpha value is -1.88. The van der Waals surface area contributed by atoms with Crippen molar-refractivity contribution in [3.8, 4) is 0 Å². The molecule has 0 unspecified atom stereocenters. The number of carbonyl (C=O) groups excluding carboxylic acids is 1. The smallest absolute Gasteiger partial charge is 0.255 e. The molecule has 0 saturated carbocycles. The number of rotatable bonds is 4. The molecule has 0 atom stereocenters. The van der Waals surface area contributed by atoms with Crippen LogP contribution in [0.4, 0.5) is 11.5 Å². The minimum Gasteiger partial charge on any atom is -0.370 e.